The van der Waals surface area contributed by atoms with Crippen LogP contribution in [0.1, 0.15) is 15.2 Å². The topological polar surface area (TPSA) is 86.2 Å². The van der Waals surface area contributed by atoms with Gasteiger partial charge in [-0.25, -0.2) is 10.2 Å². The van der Waals surface area contributed by atoms with E-state index in [4.69, 9.17) is 25.8 Å². The number of nitrogens with one attached hydrogen (secondary N) is 1. The molecular formula is C29H21ClN2O5S. The van der Waals surface area contributed by atoms with Crippen LogP contribution < -0.4 is 19.6 Å². The molecule has 5 rings (SSSR count). The van der Waals surface area contributed by atoms with E-state index >= 15 is 0 Å². The Morgan fingerprint density at radius 2 is 1.68 bits per heavy atom. The van der Waals surface area contributed by atoms with Crippen molar-refractivity contribution in [2.75, 3.05) is 13.7 Å². The molecule has 5 aromatic rings. The van der Waals surface area contributed by atoms with E-state index in [0.29, 0.717) is 27.0 Å². The smallest absolute Gasteiger partial charge is 0.355 e. The van der Waals surface area contributed by atoms with Crippen LogP contribution in [0.2, 0.25) is 5.02 Å². The number of rotatable bonds is 8. The van der Waals surface area contributed by atoms with Crippen LogP contribution in [0.3, 0.4) is 0 Å². The van der Waals surface area contributed by atoms with Crippen molar-refractivity contribution >= 4 is 61.9 Å². The number of carbonyl (C=O) groups is 2. The second-order valence-corrected chi connectivity index (χ2v) is 9.53. The molecule has 7 nitrogen and oxygen atoms in total. The first kappa shape index (κ1) is 25.3. The van der Waals surface area contributed by atoms with Crippen molar-refractivity contribution in [1.82, 2.24) is 5.43 Å². The number of hydrogen-bond acceptors (Lipinski definition) is 7. The zero-order chi connectivity index (χ0) is 26.5. The number of benzene rings is 4. The monoisotopic (exact) mass is 544 g/mol. The van der Waals surface area contributed by atoms with E-state index in [-0.39, 0.29) is 12.4 Å². The molecule has 0 aliphatic carbocycles. The molecule has 1 N–H and O–H groups in total. The van der Waals surface area contributed by atoms with Crippen LogP contribution in [0.15, 0.2) is 90.0 Å². The molecule has 1 amide bonds. The summed E-state index contributed by atoms with van der Waals surface area (Å²) in [6.45, 7) is -0.191. The number of methoxy groups -OCH3 is 1. The van der Waals surface area contributed by atoms with E-state index in [1.54, 1.807) is 18.2 Å². The lowest BCUT2D eigenvalue weighted by atomic mass is 10.1. The zero-order valence-corrected chi connectivity index (χ0v) is 21.7. The maximum Gasteiger partial charge on any atom is 0.355 e. The lowest BCUT2D eigenvalue weighted by Crippen LogP contribution is -2.24. The van der Waals surface area contributed by atoms with Crippen LogP contribution in [0.5, 0.6) is 17.2 Å². The normalized spacial score (nSPS) is 11.1. The molecule has 0 aliphatic heterocycles. The Bertz CT molecular complexity index is 1680. The van der Waals surface area contributed by atoms with Crippen molar-refractivity contribution < 1.29 is 23.8 Å². The van der Waals surface area contributed by atoms with E-state index in [1.807, 2.05) is 66.7 Å². The van der Waals surface area contributed by atoms with E-state index in [2.05, 4.69) is 10.5 Å². The number of nitrogens with zero attached hydrogens (tertiary/aromatic N) is 1. The number of ether oxygens (including phenoxy) is 3. The number of hydrazone groups is 1. The van der Waals surface area contributed by atoms with Gasteiger partial charge in [0.1, 0.15) is 10.6 Å². The number of thiophene rings is 1. The molecule has 0 radical (unpaired) electrons. The highest BCUT2D eigenvalue weighted by Gasteiger charge is 2.20. The zero-order valence-electron chi connectivity index (χ0n) is 20.1. The third kappa shape index (κ3) is 5.46. The summed E-state index contributed by atoms with van der Waals surface area (Å²) in [6.07, 6.45) is 1.45. The number of amides is 1. The molecule has 1 aromatic heterocycles. The van der Waals surface area contributed by atoms with Crippen molar-refractivity contribution in [1.29, 1.82) is 0 Å². The first-order valence-electron chi connectivity index (χ1n) is 11.5. The van der Waals surface area contributed by atoms with E-state index in [9.17, 15) is 9.59 Å². The average molecular weight is 545 g/mol. The van der Waals surface area contributed by atoms with Gasteiger partial charge in [0.15, 0.2) is 18.1 Å². The van der Waals surface area contributed by atoms with Crippen molar-refractivity contribution in [3.8, 4) is 17.2 Å². The summed E-state index contributed by atoms with van der Waals surface area (Å²) in [5.41, 5.74) is 3.06. The molecule has 0 fully saturated rings. The third-order valence-electron chi connectivity index (χ3n) is 5.62. The number of esters is 1. The summed E-state index contributed by atoms with van der Waals surface area (Å²) in [7, 11) is 1.46. The summed E-state index contributed by atoms with van der Waals surface area (Å²) >= 11 is 7.67. The minimum absolute atomic E-state index is 0.191. The fourth-order valence-corrected chi connectivity index (χ4v) is 5.20. The lowest BCUT2D eigenvalue weighted by molar-refractivity contribution is -0.123. The molecule has 0 bridgehead atoms. The van der Waals surface area contributed by atoms with Crippen LogP contribution in [-0.2, 0) is 4.79 Å². The van der Waals surface area contributed by atoms with Gasteiger partial charge in [0, 0.05) is 15.5 Å². The molecule has 0 spiro atoms. The molecule has 0 saturated carbocycles. The van der Waals surface area contributed by atoms with Gasteiger partial charge in [0.2, 0.25) is 0 Å². The Morgan fingerprint density at radius 1 is 0.921 bits per heavy atom. The minimum Gasteiger partial charge on any atom is -0.493 e. The van der Waals surface area contributed by atoms with Gasteiger partial charge in [-0.05, 0) is 41.3 Å². The van der Waals surface area contributed by atoms with Crippen molar-refractivity contribution in [2.24, 2.45) is 5.10 Å². The highest BCUT2D eigenvalue weighted by Crippen LogP contribution is 2.37. The van der Waals surface area contributed by atoms with Crippen molar-refractivity contribution in [3.63, 3.8) is 0 Å². The summed E-state index contributed by atoms with van der Waals surface area (Å²) in [6, 6.07) is 25.8. The van der Waals surface area contributed by atoms with E-state index in [0.717, 1.165) is 20.9 Å². The third-order valence-corrected chi connectivity index (χ3v) is 7.28. The second kappa shape index (κ2) is 11.3. The molecule has 9 heteroatoms. The Hall–Kier alpha value is -4.40. The highest BCUT2D eigenvalue weighted by atomic mass is 35.5. The van der Waals surface area contributed by atoms with Gasteiger partial charge in [0.25, 0.3) is 5.91 Å². The van der Waals surface area contributed by atoms with Gasteiger partial charge >= 0.3 is 5.97 Å². The molecule has 1 heterocycles. The van der Waals surface area contributed by atoms with Crippen LogP contribution in [0, 0.1) is 0 Å². The van der Waals surface area contributed by atoms with Crippen LogP contribution in [0.25, 0.3) is 20.9 Å². The van der Waals surface area contributed by atoms with Gasteiger partial charge in [-0.2, -0.15) is 5.10 Å². The number of halogens is 1. The Balaban J connectivity index is 1.20. The number of fused-ring (bicyclic) bond motifs is 2. The highest BCUT2D eigenvalue weighted by molar-refractivity contribution is 7.21. The fraction of sp³-hybridized carbons (Fsp3) is 0.0690. The molecule has 0 unspecified atom stereocenters. The fourth-order valence-electron chi connectivity index (χ4n) is 3.82. The Morgan fingerprint density at radius 3 is 2.50 bits per heavy atom. The summed E-state index contributed by atoms with van der Waals surface area (Å²) in [5, 5.41) is 7.09. The average Bonchev–Trinajstić information content (AvgIpc) is 3.29. The van der Waals surface area contributed by atoms with Gasteiger partial charge in [-0.15, -0.1) is 11.3 Å². The number of hydrogen-bond donors (Lipinski definition) is 1. The lowest BCUT2D eigenvalue weighted by Gasteiger charge is -2.09. The summed E-state index contributed by atoms with van der Waals surface area (Å²) < 4.78 is 17.5. The van der Waals surface area contributed by atoms with Crippen LogP contribution >= 0.6 is 22.9 Å². The Kier molecular flexibility index (Phi) is 7.53. The van der Waals surface area contributed by atoms with E-state index < -0.39 is 11.9 Å². The first-order chi connectivity index (χ1) is 18.5. The summed E-state index contributed by atoms with van der Waals surface area (Å²) in [5.74, 6) is 0.191. The number of carbonyl (C=O) groups excluding carboxylic acids is 2. The maximum atomic E-state index is 12.8. The van der Waals surface area contributed by atoms with Crippen LogP contribution in [-0.4, -0.2) is 31.8 Å². The second-order valence-electron chi connectivity index (χ2n) is 8.10. The molecule has 0 aliphatic rings. The molecule has 4 aromatic carbocycles. The minimum atomic E-state index is -0.575. The quantitative estimate of drug-likeness (QED) is 0.105. The van der Waals surface area contributed by atoms with Crippen LogP contribution in [0.4, 0.5) is 0 Å². The van der Waals surface area contributed by atoms with Gasteiger partial charge < -0.3 is 14.2 Å². The summed E-state index contributed by atoms with van der Waals surface area (Å²) in [4.78, 5) is 25.3. The standard InChI is InChI=1S/C29H21ClN2O5S/c1-35-24-15-18(13-14-23(24)37-29(34)28-27(30)21-10-4-5-12-25(21)38-28)16-31-32-26(33)17-36-22-11-6-8-19-7-2-3-9-20(19)22/h2-16H,17H2,1H3,(H,32,33)/b31-16-. The van der Waals surface area contributed by atoms with E-state index in [1.165, 1.54) is 24.7 Å². The molecule has 38 heavy (non-hydrogen) atoms. The van der Waals surface area contributed by atoms with Gasteiger partial charge in [-0.3, -0.25) is 4.79 Å². The predicted octanol–water partition coefficient (Wildman–Crippen LogP) is 6.46. The largest absolute Gasteiger partial charge is 0.493 e. The van der Waals surface area contributed by atoms with Crippen molar-refractivity contribution in [2.45, 2.75) is 0 Å². The maximum absolute atomic E-state index is 12.8. The first-order valence-corrected chi connectivity index (χ1v) is 12.7. The SMILES string of the molecule is COc1cc(/C=N\NC(=O)COc2cccc3ccccc23)ccc1OC(=O)c1sc2ccccc2c1Cl. The van der Waals surface area contributed by atoms with Gasteiger partial charge in [0.05, 0.1) is 18.3 Å². The molecule has 0 atom stereocenters. The van der Waals surface area contributed by atoms with Crippen molar-refractivity contribution in [3.05, 3.63) is 100 Å². The molecular weight excluding hydrogens is 524 g/mol. The Labute approximate surface area is 227 Å². The molecule has 0 saturated heterocycles. The predicted molar refractivity (Wildman–Crippen MR) is 150 cm³/mol. The van der Waals surface area contributed by atoms with Gasteiger partial charge in [-0.1, -0.05) is 66.2 Å². The molecule has 190 valence electrons.